The number of nitrogens with one attached hydrogen (secondary N) is 1. The summed E-state index contributed by atoms with van der Waals surface area (Å²) in [5.41, 5.74) is 0.0330. The largest absolute Gasteiger partial charge is 0.487 e. The molecule has 2 aliphatic rings. The van der Waals surface area contributed by atoms with Crippen molar-refractivity contribution in [3.8, 4) is 5.75 Å². The van der Waals surface area contributed by atoms with E-state index in [4.69, 9.17) is 4.74 Å². The van der Waals surface area contributed by atoms with Gasteiger partial charge in [-0.3, -0.25) is 4.79 Å². The second-order valence-electron chi connectivity index (χ2n) is 4.32. The van der Waals surface area contributed by atoms with Gasteiger partial charge in [-0.2, -0.15) is 0 Å². The minimum absolute atomic E-state index is 0.00741. The van der Waals surface area contributed by atoms with Crippen molar-refractivity contribution >= 4 is 5.91 Å². The van der Waals surface area contributed by atoms with Gasteiger partial charge < -0.3 is 10.1 Å². The lowest BCUT2D eigenvalue weighted by molar-refractivity contribution is 0.0945. The van der Waals surface area contributed by atoms with Crippen LogP contribution in [-0.2, 0) is 0 Å². The Bertz CT molecular complexity index is 443. The molecule has 0 bridgehead atoms. The number of rotatable bonds is 1. The fourth-order valence-electron chi connectivity index (χ4n) is 2.04. The van der Waals surface area contributed by atoms with E-state index in [2.05, 4.69) is 5.32 Å². The summed E-state index contributed by atoms with van der Waals surface area (Å²) in [7, 11) is 0. The molecule has 1 atom stereocenters. The highest BCUT2D eigenvalue weighted by Gasteiger charge is 2.36. The third kappa shape index (κ3) is 1.54. The van der Waals surface area contributed by atoms with Crippen LogP contribution in [0.1, 0.15) is 23.2 Å². The number of carbonyl (C=O) groups excluding carboxylic acids is 1. The maximum atomic E-state index is 13.5. The molecule has 1 saturated carbocycles. The lowest BCUT2D eigenvalue weighted by atomic mass is 10.2. The van der Waals surface area contributed by atoms with Crippen molar-refractivity contribution in [2.24, 2.45) is 5.92 Å². The Morgan fingerprint density at radius 3 is 2.94 bits per heavy atom. The standard InChI is InChI=1S/C12H12FNO2/c13-8-2-1-3-9-11(8)12(15)14-6-10(16-9)7-4-5-7/h1-3,7,10H,4-6H2,(H,14,15). The topological polar surface area (TPSA) is 38.3 Å². The summed E-state index contributed by atoms with van der Waals surface area (Å²) < 4.78 is 19.2. The fourth-order valence-corrected chi connectivity index (χ4v) is 2.04. The van der Waals surface area contributed by atoms with Gasteiger partial charge >= 0.3 is 0 Å². The third-order valence-electron chi connectivity index (χ3n) is 3.09. The molecule has 0 spiro atoms. The van der Waals surface area contributed by atoms with Crippen LogP contribution >= 0.6 is 0 Å². The van der Waals surface area contributed by atoms with Crippen molar-refractivity contribution in [2.45, 2.75) is 18.9 Å². The number of ether oxygens (including phenoxy) is 1. The third-order valence-corrected chi connectivity index (χ3v) is 3.09. The lowest BCUT2D eigenvalue weighted by Gasteiger charge is -2.15. The van der Waals surface area contributed by atoms with Gasteiger partial charge in [-0.1, -0.05) is 6.07 Å². The van der Waals surface area contributed by atoms with E-state index in [1.807, 2.05) is 0 Å². The molecular formula is C12H12FNO2. The molecule has 1 aliphatic heterocycles. The zero-order valence-corrected chi connectivity index (χ0v) is 8.70. The first kappa shape index (κ1) is 9.63. The lowest BCUT2D eigenvalue weighted by Crippen LogP contribution is -2.33. The van der Waals surface area contributed by atoms with Crippen LogP contribution in [0, 0.1) is 11.7 Å². The number of amides is 1. The number of hydrogen-bond donors (Lipinski definition) is 1. The van der Waals surface area contributed by atoms with Gasteiger partial charge in [0.2, 0.25) is 0 Å². The number of benzene rings is 1. The summed E-state index contributed by atoms with van der Waals surface area (Å²) in [6, 6.07) is 4.49. The Hall–Kier alpha value is -1.58. The average Bonchev–Trinajstić information content (AvgIpc) is 3.05. The Morgan fingerprint density at radius 2 is 2.19 bits per heavy atom. The molecule has 1 aromatic carbocycles. The highest BCUT2D eigenvalue weighted by atomic mass is 19.1. The van der Waals surface area contributed by atoms with Crippen LogP contribution in [0.15, 0.2) is 18.2 Å². The second-order valence-corrected chi connectivity index (χ2v) is 4.32. The van der Waals surface area contributed by atoms with E-state index in [0.717, 1.165) is 12.8 Å². The first-order valence-electron chi connectivity index (χ1n) is 5.49. The zero-order chi connectivity index (χ0) is 11.1. The Balaban J connectivity index is 1.99. The van der Waals surface area contributed by atoms with Gasteiger partial charge in [0.05, 0.1) is 6.54 Å². The quantitative estimate of drug-likeness (QED) is 0.784. The van der Waals surface area contributed by atoms with Gasteiger partial charge in [0.15, 0.2) is 0 Å². The summed E-state index contributed by atoms with van der Waals surface area (Å²) in [6.45, 7) is 0.470. The molecule has 0 aromatic heterocycles. The molecule has 1 unspecified atom stereocenters. The minimum Gasteiger partial charge on any atom is -0.487 e. The molecule has 1 aromatic rings. The summed E-state index contributed by atoms with van der Waals surface area (Å²) in [4.78, 5) is 11.7. The van der Waals surface area contributed by atoms with Crippen LogP contribution in [0.5, 0.6) is 5.75 Å². The van der Waals surface area contributed by atoms with Crippen LogP contribution in [0.25, 0.3) is 0 Å². The van der Waals surface area contributed by atoms with Crippen molar-refractivity contribution in [3.63, 3.8) is 0 Å². The molecule has 4 heteroatoms. The fraction of sp³-hybridized carbons (Fsp3) is 0.417. The van der Waals surface area contributed by atoms with Crippen molar-refractivity contribution in [1.29, 1.82) is 0 Å². The van der Waals surface area contributed by atoms with Gasteiger partial charge in [-0.15, -0.1) is 0 Å². The normalized spacial score (nSPS) is 24.1. The van der Waals surface area contributed by atoms with Crippen molar-refractivity contribution in [3.05, 3.63) is 29.6 Å². The molecule has 1 N–H and O–H groups in total. The Labute approximate surface area is 92.6 Å². The Kier molecular flexibility index (Phi) is 2.09. The van der Waals surface area contributed by atoms with Crippen LogP contribution in [0.4, 0.5) is 4.39 Å². The number of fused-ring (bicyclic) bond motifs is 1. The first-order valence-corrected chi connectivity index (χ1v) is 5.49. The van der Waals surface area contributed by atoms with Crippen LogP contribution in [0.3, 0.4) is 0 Å². The smallest absolute Gasteiger partial charge is 0.258 e. The zero-order valence-electron chi connectivity index (χ0n) is 8.70. The molecule has 16 heavy (non-hydrogen) atoms. The molecule has 3 nitrogen and oxygen atoms in total. The Morgan fingerprint density at radius 1 is 1.38 bits per heavy atom. The molecule has 1 aliphatic carbocycles. The van der Waals surface area contributed by atoms with E-state index >= 15 is 0 Å². The van der Waals surface area contributed by atoms with Crippen molar-refractivity contribution in [2.75, 3.05) is 6.54 Å². The predicted molar refractivity (Wildman–Crippen MR) is 55.9 cm³/mol. The average molecular weight is 221 g/mol. The van der Waals surface area contributed by atoms with Crippen LogP contribution in [-0.4, -0.2) is 18.6 Å². The molecule has 1 fully saturated rings. The van der Waals surface area contributed by atoms with Gasteiger partial charge in [-0.05, 0) is 30.9 Å². The predicted octanol–water partition coefficient (Wildman–Crippen LogP) is 1.73. The first-order chi connectivity index (χ1) is 7.75. The number of halogens is 1. The minimum atomic E-state index is -0.522. The SMILES string of the molecule is O=C1NCC(C2CC2)Oc2cccc(F)c21. The highest BCUT2D eigenvalue weighted by Crippen LogP contribution is 2.36. The summed E-state index contributed by atoms with van der Waals surface area (Å²) in [5, 5.41) is 2.71. The van der Waals surface area contributed by atoms with Crippen LogP contribution in [0.2, 0.25) is 0 Å². The molecule has 84 valence electrons. The summed E-state index contributed by atoms with van der Waals surface area (Å²) >= 11 is 0. The number of carbonyl (C=O) groups is 1. The van der Waals surface area contributed by atoms with Gasteiger partial charge in [-0.25, -0.2) is 4.39 Å². The maximum absolute atomic E-state index is 13.5. The van der Waals surface area contributed by atoms with Crippen molar-refractivity contribution in [1.82, 2.24) is 5.32 Å². The molecule has 1 amide bonds. The summed E-state index contributed by atoms with van der Waals surface area (Å²) in [5.74, 6) is -0.0240. The van der Waals surface area contributed by atoms with E-state index in [0.29, 0.717) is 18.2 Å². The van der Waals surface area contributed by atoms with E-state index in [1.54, 1.807) is 12.1 Å². The monoisotopic (exact) mass is 221 g/mol. The number of hydrogen-bond acceptors (Lipinski definition) is 2. The van der Waals surface area contributed by atoms with Gasteiger partial charge in [0, 0.05) is 0 Å². The van der Waals surface area contributed by atoms with E-state index < -0.39 is 5.82 Å². The van der Waals surface area contributed by atoms with E-state index in [9.17, 15) is 9.18 Å². The molecule has 3 rings (SSSR count). The van der Waals surface area contributed by atoms with Gasteiger partial charge in [0.25, 0.3) is 5.91 Å². The highest BCUT2D eigenvalue weighted by molar-refractivity contribution is 5.97. The van der Waals surface area contributed by atoms with Gasteiger partial charge in [0.1, 0.15) is 23.2 Å². The maximum Gasteiger partial charge on any atom is 0.258 e. The molecule has 0 saturated heterocycles. The molecule has 1 heterocycles. The van der Waals surface area contributed by atoms with Crippen molar-refractivity contribution < 1.29 is 13.9 Å². The summed E-state index contributed by atoms with van der Waals surface area (Å²) in [6.07, 6.45) is 2.25. The van der Waals surface area contributed by atoms with Crippen LogP contribution < -0.4 is 10.1 Å². The van der Waals surface area contributed by atoms with E-state index in [-0.39, 0.29) is 17.6 Å². The molecule has 0 radical (unpaired) electrons. The molecular weight excluding hydrogens is 209 g/mol. The second kappa shape index (κ2) is 3.47. The van der Waals surface area contributed by atoms with E-state index in [1.165, 1.54) is 6.07 Å².